The van der Waals surface area contributed by atoms with Gasteiger partial charge in [-0.25, -0.2) is 4.98 Å². The number of aliphatic hydroxyl groups excluding tert-OH is 1. The minimum atomic E-state index is -0.228. The van der Waals surface area contributed by atoms with Gasteiger partial charge in [0.1, 0.15) is 0 Å². The molecule has 1 atom stereocenters. The monoisotopic (exact) mass is 362 g/mol. The number of hydrogen-bond donors (Lipinski definition) is 2. The molecule has 0 saturated carbocycles. The van der Waals surface area contributed by atoms with Crippen molar-refractivity contribution in [2.75, 3.05) is 50.9 Å². The fraction of sp³-hybridized carbons (Fsp3) is 0.722. The van der Waals surface area contributed by atoms with Gasteiger partial charge in [0.25, 0.3) is 5.56 Å². The molecule has 26 heavy (non-hydrogen) atoms. The van der Waals surface area contributed by atoms with E-state index in [0.29, 0.717) is 32.1 Å². The zero-order valence-electron chi connectivity index (χ0n) is 15.0. The van der Waals surface area contributed by atoms with Gasteiger partial charge in [0.05, 0.1) is 25.5 Å². The number of nitrogens with one attached hydrogen (secondary N) is 1. The van der Waals surface area contributed by atoms with Gasteiger partial charge >= 0.3 is 0 Å². The van der Waals surface area contributed by atoms with Crippen LogP contribution in [0.15, 0.2) is 4.79 Å². The molecule has 3 aliphatic rings. The van der Waals surface area contributed by atoms with Crippen molar-refractivity contribution in [3.05, 3.63) is 21.6 Å². The van der Waals surface area contributed by atoms with Gasteiger partial charge in [0, 0.05) is 43.6 Å². The fourth-order valence-corrected chi connectivity index (χ4v) is 4.56. The number of fused-ring (bicyclic) bond motifs is 2. The summed E-state index contributed by atoms with van der Waals surface area (Å²) in [6, 6.07) is 0. The van der Waals surface area contributed by atoms with Crippen LogP contribution in [0.4, 0.5) is 5.95 Å². The van der Waals surface area contributed by atoms with Crippen molar-refractivity contribution >= 4 is 11.9 Å². The third-order valence-corrected chi connectivity index (χ3v) is 5.92. The maximum absolute atomic E-state index is 12.7. The molecule has 1 aromatic rings. The number of aliphatic hydroxyl groups is 1. The van der Waals surface area contributed by atoms with Gasteiger partial charge in [-0.05, 0) is 25.7 Å². The van der Waals surface area contributed by atoms with E-state index in [-0.39, 0.29) is 29.9 Å². The number of aromatic amines is 1. The molecule has 2 saturated heterocycles. The van der Waals surface area contributed by atoms with Gasteiger partial charge in [-0.2, -0.15) is 0 Å². The maximum atomic E-state index is 12.7. The third kappa shape index (κ3) is 3.01. The number of morpholine rings is 1. The van der Waals surface area contributed by atoms with Crippen molar-refractivity contribution < 1.29 is 14.6 Å². The van der Waals surface area contributed by atoms with Crippen LogP contribution in [-0.2, 0) is 21.4 Å². The summed E-state index contributed by atoms with van der Waals surface area (Å²) in [4.78, 5) is 36.7. The van der Waals surface area contributed by atoms with Crippen LogP contribution >= 0.6 is 0 Å². The first kappa shape index (κ1) is 17.5. The number of likely N-dealkylation sites (tertiary alicyclic amines) is 1. The number of nitrogens with zero attached hydrogens (tertiary/aromatic N) is 3. The predicted molar refractivity (Wildman–Crippen MR) is 95.4 cm³/mol. The molecule has 4 rings (SSSR count). The summed E-state index contributed by atoms with van der Waals surface area (Å²) >= 11 is 0. The molecule has 142 valence electrons. The van der Waals surface area contributed by atoms with Crippen LogP contribution in [0, 0.1) is 0 Å². The normalized spacial score (nSPS) is 25.6. The second kappa shape index (κ2) is 7.00. The number of carbonyl (C=O) groups is 1. The lowest BCUT2D eigenvalue weighted by atomic mass is 9.77. The van der Waals surface area contributed by atoms with E-state index in [4.69, 9.17) is 14.8 Å². The van der Waals surface area contributed by atoms with E-state index in [0.717, 1.165) is 50.2 Å². The fourth-order valence-electron chi connectivity index (χ4n) is 4.56. The average Bonchev–Trinajstić information content (AvgIpc) is 3.01. The largest absolute Gasteiger partial charge is 0.396 e. The number of hydrogen-bond acceptors (Lipinski definition) is 6. The van der Waals surface area contributed by atoms with Gasteiger partial charge in [-0.15, -0.1) is 0 Å². The molecule has 2 aliphatic heterocycles. The van der Waals surface area contributed by atoms with Gasteiger partial charge < -0.3 is 19.6 Å². The Morgan fingerprint density at radius 2 is 2.08 bits per heavy atom. The van der Waals surface area contributed by atoms with Crippen LogP contribution in [0.2, 0.25) is 0 Å². The van der Waals surface area contributed by atoms with E-state index in [1.807, 2.05) is 4.90 Å². The second-order valence-corrected chi connectivity index (χ2v) is 7.49. The maximum Gasteiger partial charge on any atom is 0.255 e. The summed E-state index contributed by atoms with van der Waals surface area (Å²) in [7, 11) is 0. The number of amides is 1. The Morgan fingerprint density at radius 3 is 2.85 bits per heavy atom. The number of ether oxygens (including phenoxy) is 1. The number of H-pyrrole nitrogens is 1. The molecule has 1 spiro atoms. The minimum absolute atomic E-state index is 0.0155. The lowest BCUT2D eigenvalue weighted by molar-refractivity contribution is -0.134. The summed E-state index contributed by atoms with van der Waals surface area (Å²) in [5, 5.41) is 9.08. The Labute approximate surface area is 152 Å². The van der Waals surface area contributed by atoms with Crippen LogP contribution in [-0.4, -0.2) is 71.9 Å². The van der Waals surface area contributed by atoms with E-state index < -0.39 is 0 Å². The zero-order valence-corrected chi connectivity index (χ0v) is 15.0. The quantitative estimate of drug-likeness (QED) is 0.772. The number of anilines is 1. The third-order valence-electron chi connectivity index (χ3n) is 5.92. The van der Waals surface area contributed by atoms with Crippen LogP contribution in [0.5, 0.6) is 0 Å². The van der Waals surface area contributed by atoms with Gasteiger partial charge in [-0.3, -0.25) is 14.6 Å². The van der Waals surface area contributed by atoms with Gasteiger partial charge in [-0.1, -0.05) is 0 Å². The zero-order chi connectivity index (χ0) is 18.1. The first-order valence-electron chi connectivity index (χ1n) is 9.48. The Balaban J connectivity index is 1.66. The summed E-state index contributed by atoms with van der Waals surface area (Å²) < 4.78 is 5.39. The van der Waals surface area contributed by atoms with Crippen molar-refractivity contribution in [3.63, 3.8) is 0 Å². The molecule has 2 N–H and O–H groups in total. The van der Waals surface area contributed by atoms with Gasteiger partial charge in [0.15, 0.2) is 0 Å². The Hall–Kier alpha value is -1.93. The molecule has 1 unspecified atom stereocenters. The smallest absolute Gasteiger partial charge is 0.255 e. The minimum Gasteiger partial charge on any atom is -0.396 e. The van der Waals surface area contributed by atoms with Crippen molar-refractivity contribution in [3.8, 4) is 0 Å². The molecule has 1 aromatic heterocycles. The topological polar surface area (TPSA) is 98.8 Å². The summed E-state index contributed by atoms with van der Waals surface area (Å²) in [5.41, 5.74) is 1.38. The highest BCUT2D eigenvalue weighted by atomic mass is 16.5. The van der Waals surface area contributed by atoms with E-state index in [1.165, 1.54) is 0 Å². The summed E-state index contributed by atoms with van der Waals surface area (Å²) in [5.74, 6) is 0.607. The molecule has 0 radical (unpaired) electrons. The van der Waals surface area contributed by atoms with E-state index in [9.17, 15) is 9.59 Å². The molecular formula is C18H26N4O4. The lowest BCUT2D eigenvalue weighted by Gasteiger charge is -2.40. The highest BCUT2D eigenvalue weighted by Gasteiger charge is 2.45. The van der Waals surface area contributed by atoms with Crippen LogP contribution in [0.1, 0.15) is 36.9 Å². The molecule has 2 fully saturated rings. The van der Waals surface area contributed by atoms with Crippen molar-refractivity contribution in [1.82, 2.24) is 14.9 Å². The van der Waals surface area contributed by atoms with Crippen LogP contribution in [0.3, 0.4) is 0 Å². The van der Waals surface area contributed by atoms with Crippen molar-refractivity contribution in [2.24, 2.45) is 0 Å². The SMILES string of the molecule is O=C(CCO)N1CCCC2(CCc3c2nc(N2CCOCC2)[nH]c3=O)C1. The molecule has 8 heteroatoms. The van der Waals surface area contributed by atoms with E-state index >= 15 is 0 Å². The molecular weight excluding hydrogens is 336 g/mol. The highest BCUT2D eigenvalue weighted by Crippen LogP contribution is 2.43. The number of carbonyl (C=O) groups excluding carboxylic acids is 1. The summed E-state index contributed by atoms with van der Waals surface area (Å²) in [6.45, 7) is 3.89. The Kier molecular flexibility index (Phi) is 4.71. The van der Waals surface area contributed by atoms with Gasteiger partial charge in [0.2, 0.25) is 11.9 Å². The number of piperidine rings is 1. The Bertz CT molecular complexity index is 743. The lowest BCUT2D eigenvalue weighted by Crippen LogP contribution is -2.48. The first-order chi connectivity index (χ1) is 12.6. The van der Waals surface area contributed by atoms with E-state index in [1.54, 1.807) is 0 Å². The molecule has 1 amide bonds. The molecule has 0 bridgehead atoms. The van der Waals surface area contributed by atoms with Crippen LogP contribution < -0.4 is 10.5 Å². The van der Waals surface area contributed by atoms with Crippen molar-refractivity contribution in [2.45, 2.75) is 37.5 Å². The van der Waals surface area contributed by atoms with Crippen LogP contribution in [0.25, 0.3) is 0 Å². The number of aromatic nitrogens is 2. The molecule has 1 aliphatic carbocycles. The Morgan fingerprint density at radius 1 is 1.27 bits per heavy atom. The summed E-state index contributed by atoms with van der Waals surface area (Å²) in [6.07, 6.45) is 3.57. The van der Waals surface area contributed by atoms with Crippen molar-refractivity contribution in [1.29, 1.82) is 0 Å². The second-order valence-electron chi connectivity index (χ2n) is 7.49. The first-order valence-corrected chi connectivity index (χ1v) is 9.48. The predicted octanol–water partition coefficient (Wildman–Crippen LogP) is -0.205. The molecule has 3 heterocycles. The average molecular weight is 362 g/mol. The molecule has 8 nitrogen and oxygen atoms in total. The standard InChI is InChI=1S/C18H26N4O4/c23-9-3-14(24)22-6-1-4-18(12-22)5-2-13-15(18)19-17(20-16(13)25)21-7-10-26-11-8-21/h23H,1-12H2,(H,19,20,25). The highest BCUT2D eigenvalue weighted by molar-refractivity contribution is 5.76. The number of rotatable bonds is 3. The van der Waals surface area contributed by atoms with E-state index in [2.05, 4.69) is 9.88 Å². The molecule has 0 aromatic carbocycles.